The molecule has 1 fully saturated rings. The van der Waals surface area contributed by atoms with Crippen LogP contribution < -0.4 is 11.1 Å². The number of hydrogen-bond donors (Lipinski definition) is 2. The van der Waals surface area contributed by atoms with Crippen molar-refractivity contribution in [1.29, 1.82) is 0 Å². The van der Waals surface area contributed by atoms with Crippen molar-refractivity contribution in [2.45, 2.75) is 45.3 Å². The lowest BCUT2D eigenvalue weighted by Gasteiger charge is -2.14. The summed E-state index contributed by atoms with van der Waals surface area (Å²) >= 11 is 0. The third-order valence-electron chi connectivity index (χ3n) is 3.87. The summed E-state index contributed by atoms with van der Waals surface area (Å²) in [5, 5.41) is 3.39. The number of anilines is 2. The van der Waals surface area contributed by atoms with Crippen LogP contribution in [-0.2, 0) is 11.3 Å². The number of nitrogen functional groups attached to an aromatic ring is 1. The van der Waals surface area contributed by atoms with Crippen molar-refractivity contribution in [3.05, 3.63) is 12.3 Å². The Labute approximate surface area is 124 Å². The molecule has 0 amide bonds. The topological polar surface area (TPSA) is 78.0 Å². The van der Waals surface area contributed by atoms with Crippen LogP contribution in [0.15, 0.2) is 12.3 Å². The monoisotopic (exact) mass is 289 g/mol. The van der Waals surface area contributed by atoms with E-state index in [4.69, 9.17) is 10.5 Å². The largest absolute Gasteiger partial charge is 0.376 e. The van der Waals surface area contributed by atoms with E-state index in [1.807, 2.05) is 12.3 Å². The smallest absolute Gasteiger partial charge is 0.222 e. The van der Waals surface area contributed by atoms with Crippen molar-refractivity contribution in [3.8, 4) is 0 Å². The van der Waals surface area contributed by atoms with Crippen LogP contribution in [0.2, 0.25) is 0 Å². The van der Waals surface area contributed by atoms with E-state index in [9.17, 15) is 0 Å². The van der Waals surface area contributed by atoms with Crippen molar-refractivity contribution >= 4 is 22.8 Å². The molecule has 3 N–H and O–H groups in total. The Hall–Kier alpha value is -1.82. The predicted octanol–water partition coefficient (Wildman–Crippen LogP) is 2.40. The molecule has 0 radical (unpaired) electrons. The molecule has 21 heavy (non-hydrogen) atoms. The van der Waals surface area contributed by atoms with E-state index in [0.29, 0.717) is 12.1 Å². The van der Waals surface area contributed by atoms with Crippen LogP contribution in [0.1, 0.15) is 32.6 Å². The Bertz CT molecular complexity index is 603. The molecule has 3 rings (SSSR count). The van der Waals surface area contributed by atoms with Gasteiger partial charge in [0.1, 0.15) is 5.52 Å². The molecule has 1 aliphatic heterocycles. The first-order valence-electron chi connectivity index (χ1n) is 7.75. The molecule has 1 aliphatic rings. The standard InChI is InChI=1S/C15H23N5O/c1-2-3-7-17-14-13-12(18-15(16)19-14)6-8-20(13)10-11-5-4-9-21-11/h6,8,11H,2-5,7,9-10H2,1H3,(H3,16,17,18,19)/t11-/m0/s1. The molecule has 3 heterocycles. The first kappa shape index (κ1) is 14.1. The van der Waals surface area contributed by atoms with E-state index in [-0.39, 0.29) is 0 Å². The second kappa shape index (κ2) is 6.30. The number of nitrogens with one attached hydrogen (secondary N) is 1. The van der Waals surface area contributed by atoms with E-state index in [2.05, 4.69) is 26.8 Å². The van der Waals surface area contributed by atoms with Crippen LogP contribution in [0.4, 0.5) is 11.8 Å². The predicted molar refractivity (Wildman–Crippen MR) is 84.3 cm³/mol. The third kappa shape index (κ3) is 3.10. The van der Waals surface area contributed by atoms with Gasteiger partial charge in [0.15, 0.2) is 5.82 Å². The average Bonchev–Trinajstić information content (AvgIpc) is 3.10. The highest BCUT2D eigenvalue weighted by Gasteiger charge is 2.18. The maximum Gasteiger partial charge on any atom is 0.222 e. The molecule has 1 saturated heterocycles. The Morgan fingerprint density at radius 2 is 2.38 bits per heavy atom. The fourth-order valence-electron chi connectivity index (χ4n) is 2.79. The second-order valence-corrected chi connectivity index (χ2v) is 5.55. The molecular formula is C15H23N5O. The van der Waals surface area contributed by atoms with E-state index >= 15 is 0 Å². The van der Waals surface area contributed by atoms with Crippen LogP contribution in [0.3, 0.4) is 0 Å². The minimum atomic E-state index is 0.293. The molecule has 0 aliphatic carbocycles. The Balaban J connectivity index is 1.89. The molecule has 6 heteroatoms. The minimum absolute atomic E-state index is 0.293. The Morgan fingerprint density at radius 3 is 3.14 bits per heavy atom. The summed E-state index contributed by atoms with van der Waals surface area (Å²) in [6.07, 6.45) is 6.86. The number of aromatic nitrogens is 3. The van der Waals surface area contributed by atoms with Crippen molar-refractivity contribution in [2.24, 2.45) is 0 Å². The lowest BCUT2D eigenvalue weighted by molar-refractivity contribution is 0.0980. The van der Waals surface area contributed by atoms with Gasteiger partial charge < -0.3 is 20.4 Å². The van der Waals surface area contributed by atoms with Gasteiger partial charge in [-0.25, -0.2) is 4.98 Å². The second-order valence-electron chi connectivity index (χ2n) is 5.55. The maximum atomic E-state index is 5.81. The average molecular weight is 289 g/mol. The first-order chi connectivity index (χ1) is 10.3. The van der Waals surface area contributed by atoms with Crippen LogP contribution in [0.5, 0.6) is 0 Å². The quantitative estimate of drug-likeness (QED) is 0.798. The van der Waals surface area contributed by atoms with E-state index in [1.165, 1.54) is 0 Å². The van der Waals surface area contributed by atoms with Crippen LogP contribution in [-0.4, -0.2) is 33.8 Å². The van der Waals surface area contributed by atoms with Gasteiger partial charge in [-0.2, -0.15) is 4.98 Å². The van der Waals surface area contributed by atoms with Gasteiger partial charge in [0.2, 0.25) is 5.95 Å². The van der Waals surface area contributed by atoms with Gasteiger partial charge in [0.05, 0.1) is 11.6 Å². The highest BCUT2D eigenvalue weighted by atomic mass is 16.5. The van der Waals surface area contributed by atoms with Gasteiger partial charge in [-0.3, -0.25) is 0 Å². The normalized spacial score (nSPS) is 18.4. The van der Waals surface area contributed by atoms with Gasteiger partial charge in [0, 0.05) is 25.9 Å². The van der Waals surface area contributed by atoms with E-state index in [1.54, 1.807) is 0 Å². The summed E-state index contributed by atoms with van der Waals surface area (Å²) in [5.74, 6) is 1.14. The molecular weight excluding hydrogens is 266 g/mol. The van der Waals surface area contributed by atoms with E-state index < -0.39 is 0 Å². The molecule has 0 aromatic carbocycles. The Kier molecular flexibility index (Phi) is 4.24. The van der Waals surface area contributed by atoms with E-state index in [0.717, 1.165) is 62.2 Å². The first-order valence-corrected chi connectivity index (χ1v) is 7.75. The number of ether oxygens (including phenoxy) is 1. The lowest BCUT2D eigenvalue weighted by Crippen LogP contribution is -2.15. The zero-order valence-corrected chi connectivity index (χ0v) is 12.5. The minimum Gasteiger partial charge on any atom is -0.376 e. The zero-order valence-electron chi connectivity index (χ0n) is 12.5. The molecule has 0 bridgehead atoms. The molecule has 1 atom stereocenters. The Morgan fingerprint density at radius 1 is 1.48 bits per heavy atom. The third-order valence-corrected chi connectivity index (χ3v) is 3.87. The fraction of sp³-hybridized carbons (Fsp3) is 0.600. The molecule has 0 unspecified atom stereocenters. The van der Waals surface area contributed by atoms with Crippen LogP contribution in [0.25, 0.3) is 11.0 Å². The number of fused-ring (bicyclic) bond motifs is 1. The number of hydrogen-bond acceptors (Lipinski definition) is 5. The summed E-state index contributed by atoms with van der Waals surface area (Å²) < 4.78 is 7.91. The maximum absolute atomic E-state index is 5.81. The van der Waals surface area contributed by atoms with Gasteiger partial charge >= 0.3 is 0 Å². The molecule has 2 aromatic heterocycles. The summed E-state index contributed by atoms with van der Waals surface area (Å²) in [6.45, 7) is 4.78. The highest BCUT2D eigenvalue weighted by Crippen LogP contribution is 2.24. The summed E-state index contributed by atoms with van der Waals surface area (Å²) in [5.41, 5.74) is 7.72. The van der Waals surface area contributed by atoms with Crippen molar-refractivity contribution < 1.29 is 4.74 Å². The number of nitrogens with two attached hydrogens (primary N) is 1. The zero-order chi connectivity index (χ0) is 14.7. The van der Waals surface area contributed by atoms with Gasteiger partial charge in [-0.1, -0.05) is 13.3 Å². The van der Waals surface area contributed by atoms with Crippen molar-refractivity contribution in [1.82, 2.24) is 14.5 Å². The number of unbranched alkanes of at least 4 members (excludes halogenated alkanes) is 1. The summed E-state index contributed by atoms with van der Waals surface area (Å²) in [7, 11) is 0. The van der Waals surface area contributed by atoms with Gasteiger partial charge in [-0.05, 0) is 25.3 Å². The molecule has 114 valence electrons. The lowest BCUT2D eigenvalue weighted by atomic mass is 10.2. The summed E-state index contributed by atoms with van der Waals surface area (Å²) in [6, 6.07) is 1.99. The van der Waals surface area contributed by atoms with Crippen molar-refractivity contribution in [3.63, 3.8) is 0 Å². The molecule has 0 saturated carbocycles. The molecule has 6 nitrogen and oxygen atoms in total. The van der Waals surface area contributed by atoms with Crippen LogP contribution in [0, 0.1) is 0 Å². The molecule has 0 spiro atoms. The molecule has 2 aromatic rings. The highest BCUT2D eigenvalue weighted by molar-refractivity contribution is 5.87. The summed E-state index contributed by atoms with van der Waals surface area (Å²) in [4.78, 5) is 8.70. The van der Waals surface area contributed by atoms with Crippen LogP contribution >= 0.6 is 0 Å². The fourth-order valence-corrected chi connectivity index (χ4v) is 2.79. The number of rotatable bonds is 6. The van der Waals surface area contributed by atoms with Gasteiger partial charge in [-0.15, -0.1) is 0 Å². The van der Waals surface area contributed by atoms with Gasteiger partial charge in [0.25, 0.3) is 0 Å². The number of nitrogens with zero attached hydrogens (tertiary/aromatic N) is 3. The SMILES string of the molecule is CCCCNc1nc(N)nc2ccn(C[C@@H]3CCCO3)c12. The van der Waals surface area contributed by atoms with Crippen molar-refractivity contribution in [2.75, 3.05) is 24.2 Å².